The molecule has 1 saturated heterocycles. The average molecular weight is 601 g/mol. The molecule has 0 unspecified atom stereocenters. The van der Waals surface area contributed by atoms with Crippen LogP contribution < -0.4 is 14.2 Å². The Balaban J connectivity index is 1.37. The zero-order valence-electron chi connectivity index (χ0n) is 22.4. The Bertz CT molecular complexity index is 1620. The molecule has 0 spiro atoms. The van der Waals surface area contributed by atoms with Gasteiger partial charge in [-0.25, -0.2) is 13.4 Å². The summed E-state index contributed by atoms with van der Waals surface area (Å²) in [6.45, 7) is 4.55. The number of rotatable bonds is 9. The fourth-order valence-electron chi connectivity index (χ4n) is 4.70. The molecule has 4 aromatic rings. The monoisotopic (exact) mass is 599 g/mol. The number of nitrogens with one attached hydrogen (secondary N) is 1. The summed E-state index contributed by atoms with van der Waals surface area (Å²) in [4.78, 5) is 7.03. The van der Waals surface area contributed by atoms with Crippen LogP contribution in [-0.2, 0) is 16.6 Å². The molecule has 0 bridgehead atoms. The summed E-state index contributed by atoms with van der Waals surface area (Å²) in [5.74, 6) is 1.25. The summed E-state index contributed by atoms with van der Waals surface area (Å²) in [7, 11) is -1.83. The highest BCUT2D eigenvalue weighted by Gasteiger charge is 2.22. The average Bonchev–Trinajstić information content (AvgIpc) is 2.94. The summed E-state index contributed by atoms with van der Waals surface area (Å²) in [6, 6.07) is 19.4. The van der Waals surface area contributed by atoms with Crippen LogP contribution in [0.4, 0.5) is 5.69 Å². The molecule has 2 heterocycles. The zero-order valence-corrected chi connectivity index (χ0v) is 24.7. The van der Waals surface area contributed by atoms with Crippen LogP contribution in [0.15, 0.2) is 71.6 Å². The molecule has 40 heavy (non-hydrogen) atoms. The van der Waals surface area contributed by atoms with E-state index < -0.39 is 10.0 Å². The third-order valence-corrected chi connectivity index (χ3v) is 9.36. The fraction of sp³-hybridized carbons (Fsp3) is 0.300. The molecule has 1 N–H and O–H groups in total. The van der Waals surface area contributed by atoms with Crippen LogP contribution in [0.25, 0.3) is 10.9 Å². The number of benzene rings is 3. The lowest BCUT2D eigenvalue weighted by atomic mass is 9.98. The van der Waals surface area contributed by atoms with Crippen LogP contribution in [0.2, 0.25) is 10.0 Å². The molecule has 1 aliphatic heterocycles. The lowest BCUT2D eigenvalue weighted by molar-refractivity contribution is 0.160. The lowest BCUT2D eigenvalue weighted by Crippen LogP contribution is -2.32. The second kappa shape index (κ2) is 12.2. The number of anilines is 1. The minimum Gasteiger partial charge on any atom is -0.492 e. The Hall–Kier alpha value is -3.04. The van der Waals surface area contributed by atoms with Crippen LogP contribution in [0.1, 0.15) is 24.0 Å². The molecule has 0 amide bonds. The van der Waals surface area contributed by atoms with E-state index >= 15 is 0 Å². The van der Waals surface area contributed by atoms with Crippen molar-refractivity contribution in [1.29, 1.82) is 0 Å². The van der Waals surface area contributed by atoms with E-state index in [4.69, 9.17) is 32.7 Å². The van der Waals surface area contributed by atoms with Crippen molar-refractivity contribution in [2.24, 2.45) is 5.92 Å². The number of hydrogen-bond acceptors (Lipinski definition) is 6. The summed E-state index contributed by atoms with van der Waals surface area (Å²) < 4.78 is 41.6. The highest BCUT2D eigenvalue weighted by Crippen LogP contribution is 2.33. The second-order valence-corrected chi connectivity index (χ2v) is 12.6. The van der Waals surface area contributed by atoms with Crippen molar-refractivity contribution in [2.45, 2.75) is 31.3 Å². The lowest BCUT2D eigenvalue weighted by Gasteiger charge is -2.28. The maximum atomic E-state index is 13.4. The van der Waals surface area contributed by atoms with E-state index in [9.17, 15) is 8.42 Å². The summed E-state index contributed by atoms with van der Waals surface area (Å²) in [6.07, 6.45) is 2.19. The fourth-order valence-corrected chi connectivity index (χ4v) is 6.42. The van der Waals surface area contributed by atoms with Gasteiger partial charge in [-0.05, 0) is 93.3 Å². The van der Waals surface area contributed by atoms with Crippen molar-refractivity contribution < 1.29 is 17.9 Å². The van der Waals surface area contributed by atoms with E-state index in [1.165, 1.54) is 6.07 Å². The number of likely N-dealkylation sites (tertiary alicyclic amines) is 1. The molecular weight excluding hydrogens is 569 g/mol. The van der Waals surface area contributed by atoms with Crippen molar-refractivity contribution in [3.8, 4) is 11.6 Å². The SMILES string of the molecule is Cc1c(Cl)cccc1S(=O)(=O)Nc1cc2ccccc2nc1OCc1ccc(Cl)c(OCC2CCN(C)CC2)c1. The Kier molecular flexibility index (Phi) is 8.71. The largest absolute Gasteiger partial charge is 0.492 e. The molecule has 1 aliphatic rings. The standard InChI is InChI=1S/C30H31Cl2N3O4S/c1-20-24(31)7-5-9-29(20)40(36,37)34-27-17-23-6-3-4-8-26(23)33-30(27)39-19-22-10-11-25(32)28(16-22)38-18-21-12-14-35(2)15-13-21/h3-11,16-17,21,34H,12-15,18-19H2,1-2H3. The number of ether oxygens (including phenoxy) is 2. The van der Waals surface area contributed by atoms with Crippen molar-refractivity contribution in [1.82, 2.24) is 9.88 Å². The third kappa shape index (κ3) is 6.63. The van der Waals surface area contributed by atoms with Gasteiger partial charge in [-0.1, -0.05) is 53.5 Å². The smallest absolute Gasteiger partial charge is 0.262 e. The van der Waals surface area contributed by atoms with Gasteiger partial charge in [-0.3, -0.25) is 4.72 Å². The molecule has 0 saturated carbocycles. The van der Waals surface area contributed by atoms with Gasteiger partial charge < -0.3 is 14.4 Å². The number of aromatic nitrogens is 1. The van der Waals surface area contributed by atoms with Crippen LogP contribution in [-0.4, -0.2) is 45.0 Å². The third-order valence-electron chi connectivity index (χ3n) is 7.12. The van der Waals surface area contributed by atoms with Crippen molar-refractivity contribution in [3.63, 3.8) is 0 Å². The number of para-hydroxylation sites is 1. The minimum atomic E-state index is -3.97. The Morgan fingerprint density at radius 3 is 2.55 bits per heavy atom. The van der Waals surface area contributed by atoms with Gasteiger partial charge in [0.15, 0.2) is 0 Å². The van der Waals surface area contributed by atoms with Crippen molar-refractivity contribution in [2.75, 3.05) is 31.5 Å². The van der Waals surface area contributed by atoms with Crippen molar-refractivity contribution >= 4 is 49.8 Å². The molecule has 5 rings (SSSR count). The number of halogens is 2. The Morgan fingerprint density at radius 1 is 0.975 bits per heavy atom. The van der Waals surface area contributed by atoms with Crippen molar-refractivity contribution in [3.05, 3.63) is 87.9 Å². The molecule has 210 valence electrons. The summed E-state index contributed by atoms with van der Waals surface area (Å²) >= 11 is 12.6. The quantitative estimate of drug-likeness (QED) is 0.224. The second-order valence-electron chi connectivity index (χ2n) is 10.1. The van der Waals surface area contributed by atoms with Gasteiger partial charge in [0.25, 0.3) is 10.0 Å². The van der Waals surface area contributed by atoms with Crippen LogP contribution in [0.3, 0.4) is 0 Å². The molecule has 0 atom stereocenters. The number of nitrogens with zero attached hydrogens (tertiary/aromatic N) is 2. The molecule has 1 aromatic heterocycles. The first-order valence-corrected chi connectivity index (χ1v) is 15.3. The molecule has 1 fully saturated rings. The predicted molar refractivity (Wildman–Crippen MR) is 160 cm³/mol. The van der Waals surface area contributed by atoms with Gasteiger partial charge in [0.2, 0.25) is 5.88 Å². The first-order chi connectivity index (χ1) is 19.2. The highest BCUT2D eigenvalue weighted by atomic mass is 35.5. The number of fused-ring (bicyclic) bond motifs is 1. The molecule has 0 aliphatic carbocycles. The topological polar surface area (TPSA) is 80.8 Å². The highest BCUT2D eigenvalue weighted by molar-refractivity contribution is 7.92. The van der Waals surface area contributed by atoms with E-state index in [1.807, 2.05) is 36.4 Å². The van der Waals surface area contributed by atoms with Gasteiger partial charge in [0.05, 0.1) is 22.0 Å². The number of hydrogen-bond donors (Lipinski definition) is 1. The first kappa shape index (κ1) is 28.5. The summed E-state index contributed by atoms with van der Waals surface area (Å²) in [5, 5.41) is 1.67. The van der Waals surface area contributed by atoms with E-state index in [0.717, 1.165) is 36.9 Å². The zero-order chi connectivity index (χ0) is 28.3. The van der Waals surface area contributed by atoms with Gasteiger partial charge in [0, 0.05) is 10.4 Å². The Labute approximate surface area is 245 Å². The first-order valence-electron chi connectivity index (χ1n) is 13.1. The van der Waals surface area contributed by atoms with Crippen LogP contribution in [0, 0.1) is 12.8 Å². The van der Waals surface area contributed by atoms with Crippen LogP contribution >= 0.6 is 23.2 Å². The van der Waals surface area contributed by atoms with Gasteiger partial charge in [-0.15, -0.1) is 0 Å². The molecule has 7 nitrogen and oxygen atoms in total. The van der Waals surface area contributed by atoms with Gasteiger partial charge in [0.1, 0.15) is 18.0 Å². The summed E-state index contributed by atoms with van der Waals surface area (Å²) in [5.41, 5.74) is 2.18. The van der Waals surface area contributed by atoms with E-state index in [-0.39, 0.29) is 23.1 Å². The van der Waals surface area contributed by atoms with E-state index in [1.54, 1.807) is 31.2 Å². The van der Waals surface area contributed by atoms with Crippen LogP contribution in [0.5, 0.6) is 11.6 Å². The van der Waals surface area contributed by atoms with E-state index in [2.05, 4.69) is 21.7 Å². The van der Waals surface area contributed by atoms with Gasteiger partial charge in [-0.2, -0.15) is 0 Å². The predicted octanol–water partition coefficient (Wildman–Crippen LogP) is 6.95. The maximum Gasteiger partial charge on any atom is 0.262 e. The molecule has 10 heteroatoms. The molecule has 3 aromatic carbocycles. The van der Waals surface area contributed by atoms with E-state index in [0.29, 0.717) is 39.4 Å². The molecular formula is C30H31Cl2N3O4S. The normalized spacial score (nSPS) is 14.8. The number of sulfonamides is 1. The molecule has 0 radical (unpaired) electrons. The number of pyridine rings is 1. The van der Waals surface area contributed by atoms with Gasteiger partial charge >= 0.3 is 0 Å². The maximum absolute atomic E-state index is 13.4. The Morgan fingerprint density at radius 2 is 1.75 bits per heavy atom. The number of piperidine rings is 1. The minimum absolute atomic E-state index is 0.0863.